The SMILES string of the molecule is C[C@@H]1[C@H](CSc2nc(-c3ccccc3)c(-c3ccccc3)o2)O[C@H](c2cccc(-c3cccc(CNC(=O)[C@@H]4CCCN4C(=O)C(F)(F)F)c3)c2)O[C@@H]1c1ccc(CO)cc1. The molecule has 61 heavy (non-hydrogen) atoms. The van der Waals surface area contributed by atoms with E-state index >= 15 is 0 Å². The summed E-state index contributed by atoms with van der Waals surface area (Å²) in [6, 6.07) is 41.8. The first-order valence-electron chi connectivity index (χ1n) is 20.2. The molecular weight excluding hydrogens is 804 g/mol. The number of aliphatic hydroxyl groups is 1. The Balaban J connectivity index is 1.02. The number of carbonyl (C=O) groups is 2. The highest BCUT2D eigenvalue weighted by molar-refractivity contribution is 7.99. The number of aliphatic hydroxyl groups excluding tert-OH is 1. The Bertz CT molecular complexity index is 2390. The molecule has 13 heteroatoms. The highest BCUT2D eigenvalue weighted by atomic mass is 32.2. The molecule has 6 aromatic rings. The average molecular weight is 848 g/mol. The minimum absolute atomic E-state index is 0.0686. The van der Waals surface area contributed by atoms with Crippen LogP contribution in [0.3, 0.4) is 0 Å². The van der Waals surface area contributed by atoms with E-state index in [0.29, 0.717) is 28.1 Å². The molecule has 0 spiro atoms. The summed E-state index contributed by atoms with van der Waals surface area (Å²) < 4.78 is 59.5. The first kappa shape index (κ1) is 42.0. The number of likely N-dealkylation sites (tertiary alicyclic amines) is 1. The lowest BCUT2D eigenvalue weighted by Gasteiger charge is -2.41. The van der Waals surface area contributed by atoms with Crippen molar-refractivity contribution in [3.63, 3.8) is 0 Å². The van der Waals surface area contributed by atoms with Crippen LogP contribution in [0.5, 0.6) is 0 Å². The third kappa shape index (κ3) is 9.60. The van der Waals surface area contributed by atoms with Crippen LogP contribution >= 0.6 is 11.8 Å². The number of hydrogen-bond donors (Lipinski definition) is 2. The number of halogens is 3. The molecule has 2 amide bonds. The van der Waals surface area contributed by atoms with Gasteiger partial charge in [-0.25, -0.2) is 4.98 Å². The Kier molecular flexibility index (Phi) is 12.7. The van der Waals surface area contributed by atoms with Gasteiger partial charge in [0.25, 0.3) is 5.22 Å². The molecule has 0 bridgehead atoms. The zero-order chi connectivity index (χ0) is 42.5. The van der Waals surface area contributed by atoms with E-state index in [0.717, 1.165) is 50.2 Å². The van der Waals surface area contributed by atoms with Gasteiger partial charge in [0.15, 0.2) is 12.1 Å². The van der Waals surface area contributed by atoms with Gasteiger partial charge in [-0.05, 0) is 52.8 Å². The summed E-state index contributed by atoms with van der Waals surface area (Å²) in [6.45, 7) is 1.99. The van der Waals surface area contributed by atoms with Crippen molar-refractivity contribution in [3.05, 3.63) is 156 Å². The highest BCUT2D eigenvalue weighted by Crippen LogP contribution is 2.44. The fourth-order valence-corrected chi connectivity index (χ4v) is 8.87. The standard InChI is InChI=1S/C48H44F3N3O6S/c1-30-40(29-61-47-53-41(33-12-4-2-5-13-33)43(60-47)34-14-6-3-7-15-34)58-45(59-42(30)35-22-20-31(28-55)21-23-35)38-18-9-17-37(26-38)36-16-8-11-32(25-36)27-52-44(56)39-19-10-24-54(39)46(57)48(49,50)51/h2-9,11-18,20-23,25-26,30,39-40,42,45,55H,10,19,24,27-29H2,1H3,(H,52,56)/t30-,39+,40+,42+,45+/m1/s1. The number of benzene rings is 5. The van der Waals surface area contributed by atoms with Crippen LogP contribution in [0.1, 0.15) is 54.4 Å². The van der Waals surface area contributed by atoms with E-state index in [1.165, 1.54) is 11.8 Å². The Morgan fingerprint density at radius 2 is 1.48 bits per heavy atom. The van der Waals surface area contributed by atoms with Crippen molar-refractivity contribution in [3.8, 4) is 33.7 Å². The van der Waals surface area contributed by atoms with Crippen molar-refractivity contribution in [1.29, 1.82) is 0 Å². The van der Waals surface area contributed by atoms with Crippen molar-refractivity contribution in [1.82, 2.24) is 15.2 Å². The van der Waals surface area contributed by atoms with Gasteiger partial charge in [-0.15, -0.1) is 0 Å². The van der Waals surface area contributed by atoms with Crippen LogP contribution in [0.2, 0.25) is 0 Å². The smallest absolute Gasteiger partial charge is 0.431 e. The van der Waals surface area contributed by atoms with E-state index in [1.54, 1.807) is 0 Å². The summed E-state index contributed by atoms with van der Waals surface area (Å²) in [6.07, 6.45) is -5.94. The topological polar surface area (TPSA) is 114 Å². The summed E-state index contributed by atoms with van der Waals surface area (Å²) in [5, 5.41) is 13.0. The summed E-state index contributed by atoms with van der Waals surface area (Å²) in [5.41, 5.74) is 7.64. The lowest BCUT2D eigenvalue weighted by atomic mass is 9.91. The Hall–Kier alpha value is -5.73. The van der Waals surface area contributed by atoms with Crippen LogP contribution in [0.4, 0.5) is 13.2 Å². The molecule has 5 atom stereocenters. The molecule has 2 fully saturated rings. The molecule has 2 aliphatic heterocycles. The van der Waals surface area contributed by atoms with Crippen LogP contribution in [0, 0.1) is 5.92 Å². The van der Waals surface area contributed by atoms with Crippen LogP contribution in [0.25, 0.3) is 33.7 Å². The van der Waals surface area contributed by atoms with Crippen molar-refractivity contribution in [2.75, 3.05) is 12.3 Å². The number of nitrogens with zero attached hydrogens (tertiary/aromatic N) is 2. The van der Waals surface area contributed by atoms with Gasteiger partial charge >= 0.3 is 12.1 Å². The van der Waals surface area contributed by atoms with Crippen LogP contribution in [-0.4, -0.2) is 57.4 Å². The van der Waals surface area contributed by atoms with Gasteiger partial charge in [0.2, 0.25) is 5.91 Å². The van der Waals surface area contributed by atoms with E-state index in [1.807, 2.05) is 133 Å². The lowest BCUT2D eigenvalue weighted by molar-refractivity contribution is -0.268. The fourth-order valence-electron chi connectivity index (χ4n) is 7.88. The number of thioether (sulfide) groups is 1. The maximum atomic E-state index is 13.2. The molecule has 2 saturated heterocycles. The lowest BCUT2D eigenvalue weighted by Crippen LogP contribution is -2.50. The maximum absolute atomic E-state index is 13.2. The highest BCUT2D eigenvalue weighted by Gasteiger charge is 2.47. The van der Waals surface area contributed by atoms with Gasteiger partial charge in [0.1, 0.15) is 11.7 Å². The van der Waals surface area contributed by atoms with Crippen molar-refractivity contribution in [2.24, 2.45) is 5.92 Å². The molecule has 9 nitrogen and oxygen atoms in total. The third-order valence-electron chi connectivity index (χ3n) is 11.1. The molecule has 0 saturated carbocycles. The Morgan fingerprint density at radius 3 is 2.18 bits per heavy atom. The number of alkyl halides is 3. The first-order chi connectivity index (χ1) is 29.6. The van der Waals surface area contributed by atoms with Gasteiger partial charge in [0, 0.05) is 41.5 Å². The molecular formula is C48H44F3N3O6S. The zero-order valence-corrected chi connectivity index (χ0v) is 34.1. The second-order valence-corrected chi connectivity index (χ2v) is 16.2. The average Bonchev–Trinajstić information content (AvgIpc) is 3.97. The van der Waals surface area contributed by atoms with Crippen LogP contribution < -0.4 is 5.32 Å². The summed E-state index contributed by atoms with van der Waals surface area (Å²) in [4.78, 5) is 30.5. The van der Waals surface area contributed by atoms with E-state index in [-0.39, 0.29) is 44.2 Å². The van der Waals surface area contributed by atoms with E-state index in [2.05, 4.69) is 12.2 Å². The first-order valence-corrected chi connectivity index (χ1v) is 21.1. The van der Waals surface area contributed by atoms with Crippen molar-refractivity contribution >= 4 is 23.6 Å². The van der Waals surface area contributed by atoms with Gasteiger partial charge in [0.05, 0.1) is 18.8 Å². The van der Waals surface area contributed by atoms with Crippen LogP contribution in [0.15, 0.2) is 143 Å². The summed E-state index contributed by atoms with van der Waals surface area (Å²) in [5.74, 6) is -1.48. The molecule has 5 aromatic carbocycles. The summed E-state index contributed by atoms with van der Waals surface area (Å²) in [7, 11) is 0. The summed E-state index contributed by atoms with van der Waals surface area (Å²) >= 11 is 1.48. The number of carbonyl (C=O) groups excluding carboxylic acids is 2. The number of nitrogens with one attached hydrogen (secondary N) is 1. The molecule has 8 rings (SSSR count). The van der Waals surface area contributed by atoms with E-state index in [4.69, 9.17) is 18.9 Å². The zero-order valence-electron chi connectivity index (χ0n) is 33.3. The van der Waals surface area contributed by atoms with E-state index in [9.17, 15) is 27.9 Å². The fraction of sp³-hybridized carbons (Fsp3) is 0.271. The number of hydrogen-bond acceptors (Lipinski definition) is 8. The second-order valence-electron chi connectivity index (χ2n) is 15.2. The van der Waals surface area contributed by atoms with Gasteiger partial charge < -0.3 is 29.2 Å². The van der Waals surface area contributed by atoms with Gasteiger partial charge in [-0.1, -0.05) is 140 Å². The number of ether oxygens (including phenoxy) is 2. The number of amides is 2. The van der Waals surface area contributed by atoms with Gasteiger partial charge in [-0.2, -0.15) is 13.2 Å². The third-order valence-corrected chi connectivity index (χ3v) is 12.0. The minimum atomic E-state index is -5.04. The molecule has 1 aromatic heterocycles. The molecule has 0 unspecified atom stereocenters. The molecule has 0 aliphatic carbocycles. The second kappa shape index (κ2) is 18.5. The monoisotopic (exact) mass is 847 g/mol. The van der Waals surface area contributed by atoms with Gasteiger partial charge in [-0.3, -0.25) is 9.59 Å². The van der Waals surface area contributed by atoms with Crippen molar-refractivity contribution < 1.29 is 41.8 Å². The van der Waals surface area contributed by atoms with Crippen LogP contribution in [-0.2, 0) is 32.2 Å². The molecule has 314 valence electrons. The van der Waals surface area contributed by atoms with Crippen molar-refractivity contribution in [2.45, 2.75) is 68.9 Å². The minimum Gasteiger partial charge on any atom is -0.431 e. The maximum Gasteiger partial charge on any atom is 0.471 e. The predicted molar refractivity (Wildman–Crippen MR) is 226 cm³/mol. The van der Waals surface area contributed by atoms with E-state index < -0.39 is 30.3 Å². The Morgan fingerprint density at radius 1 is 0.803 bits per heavy atom. The Labute approximate surface area is 355 Å². The molecule has 2 N–H and O–H groups in total. The molecule has 0 radical (unpaired) electrons. The molecule has 3 heterocycles. The number of aromatic nitrogens is 1. The quantitative estimate of drug-likeness (QED) is 0.117. The normalized spacial score (nSPS) is 20.4. The number of oxazole rings is 1. The largest absolute Gasteiger partial charge is 0.471 e. The number of rotatable bonds is 12. The predicted octanol–water partition coefficient (Wildman–Crippen LogP) is 9.92. The molecule has 2 aliphatic rings.